The minimum absolute atomic E-state index is 0.0247. The molecule has 1 atom stereocenters. The van der Waals surface area contributed by atoms with Crippen LogP contribution in [0.2, 0.25) is 0 Å². The zero-order valence-corrected chi connectivity index (χ0v) is 19.7. The lowest BCUT2D eigenvalue weighted by Crippen LogP contribution is -2.21. The third kappa shape index (κ3) is 3.98. The number of anilines is 1. The van der Waals surface area contributed by atoms with Crippen LogP contribution in [0.1, 0.15) is 85.9 Å². The summed E-state index contributed by atoms with van der Waals surface area (Å²) in [5, 5.41) is 20.2. The number of nitrogens with zero attached hydrogens (tertiary/aromatic N) is 2. The van der Waals surface area contributed by atoms with Crippen molar-refractivity contribution < 1.29 is 18.5 Å². The van der Waals surface area contributed by atoms with Gasteiger partial charge in [0, 0.05) is 33.8 Å². The van der Waals surface area contributed by atoms with Crippen LogP contribution in [0.4, 0.5) is 14.9 Å². The summed E-state index contributed by atoms with van der Waals surface area (Å²) in [6.45, 7) is 2.84. The van der Waals surface area contributed by atoms with Crippen LogP contribution in [0, 0.1) is 5.82 Å². The van der Waals surface area contributed by atoms with Crippen LogP contribution < -0.4 is 10.5 Å². The molecule has 3 aliphatic carbocycles. The number of aryl methyl sites for hydroxylation is 1. The van der Waals surface area contributed by atoms with Gasteiger partial charge in [0.25, 0.3) is 0 Å². The van der Waals surface area contributed by atoms with Gasteiger partial charge in [-0.3, -0.25) is 4.98 Å². The van der Waals surface area contributed by atoms with Gasteiger partial charge in [-0.1, -0.05) is 0 Å². The van der Waals surface area contributed by atoms with E-state index in [9.17, 15) is 18.5 Å². The van der Waals surface area contributed by atoms with Crippen LogP contribution in [0.5, 0.6) is 0 Å². The quantitative estimate of drug-likeness (QED) is 0.578. The molecule has 3 aliphatic rings. The number of halogens is 1. The van der Waals surface area contributed by atoms with Crippen LogP contribution >= 0.6 is 11.3 Å². The third-order valence-electron chi connectivity index (χ3n) is 6.32. The van der Waals surface area contributed by atoms with Gasteiger partial charge in [0.1, 0.15) is 0 Å². The normalized spacial score (nSPS) is 20.0. The predicted molar refractivity (Wildman–Crippen MR) is 122 cm³/mol. The van der Waals surface area contributed by atoms with Crippen LogP contribution in [-0.4, -0.2) is 20.3 Å². The number of pyridine rings is 1. The van der Waals surface area contributed by atoms with Gasteiger partial charge < -0.3 is 10.4 Å². The molecule has 0 aromatic carbocycles. The zero-order chi connectivity index (χ0) is 22.8. The molecular formula is C22H27FN4O3S2. The number of hydrogen-bond acceptors (Lipinski definition) is 5. The van der Waals surface area contributed by atoms with Gasteiger partial charge >= 0.3 is 6.03 Å². The van der Waals surface area contributed by atoms with Gasteiger partial charge in [-0.15, -0.1) is 15.7 Å². The van der Waals surface area contributed by atoms with Gasteiger partial charge in [0.05, 0.1) is 11.3 Å². The molecule has 2 fully saturated rings. The van der Waals surface area contributed by atoms with Crippen LogP contribution in [-0.2, 0) is 28.4 Å². The van der Waals surface area contributed by atoms with E-state index in [4.69, 9.17) is 10.1 Å². The molecule has 4 N–H and O–H groups in total. The fourth-order valence-electron chi connectivity index (χ4n) is 4.44. The van der Waals surface area contributed by atoms with Crippen molar-refractivity contribution in [2.75, 3.05) is 5.32 Å². The Morgan fingerprint density at radius 2 is 2.00 bits per heavy atom. The number of aromatic nitrogens is 1. The maximum absolute atomic E-state index is 14.8. The standard InChI is InChI=1S/C22H27FN4O3S2/c1-22(2,29)14-10-31-20(17(14)23)32(24,30)27-21(28)26-19-13-4-3-5-15(13)25-18(12-8-9-12)16(19)11-6-7-11/h10-12,29H,3-9H2,1-2H3,(H3,24,25,26,27,28,30). The number of carbonyl (C=O) groups is 1. The Labute approximate surface area is 191 Å². The molecule has 32 heavy (non-hydrogen) atoms. The lowest BCUT2D eigenvalue weighted by Gasteiger charge is -2.18. The summed E-state index contributed by atoms with van der Waals surface area (Å²) < 4.78 is 31.2. The van der Waals surface area contributed by atoms with Crippen molar-refractivity contribution in [1.29, 1.82) is 0 Å². The number of fused-ring (bicyclic) bond motifs is 1. The number of urea groups is 1. The maximum Gasteiger partial charge on any atom is 0.354 e. The number of thiophene rings is 1. The van der Waals surface area contributed by atoms with Crippen molar-refractivity contribution in [3.8, 4) is 0 Å². The van der Waals surface area contributed by atoms with Gasteiger partial charge in [-0.25, -0.2) is 18.5 Å². The lowest BCUT2D eigenvalue weighted by molar-refractivity contribution is 0.0748. The molecule has 2 heterocycles. The molecule has 5 rings (SSSR count). The third-order valence-corrected chi connectivity index (χ3v) is 9.22. The van der Waals surface area contributed by atoms with Crippen molar-refractivity contribution in [3.63, 3.8) is 0 Å². The van der Waals surface area contributed by atoms with Crippen molar-refractivity contribution >= 4 is 33.0 Å². The average Bonchev–Trinajstić information content (AvgIpc) is 3.60. The van der Waals surface area contributed by atoms with E-state index in [0.717, 1.165) is 84.5 Å². The fourth-order valence-corrected chi connectivity index (χ4v) is 6.82. The molecule has 0 radical (unpaired) electrons. The van der Waals surface area contributed by atoms with Crippen molar-refractivity contribution in [1.82, 2.24) is 4.98 Å². The molecule has 0 aliphatic heterocycles. The largest absolute Gasteiger partial charge is 0.386 e. The van der Waals surface area contributed by atoms with Gasteiger partial charge in [0.15, 0.2) is 19.9 Å². The molecular weight excluding hydrogens is 451 g/mol. The predicted octanol–water partition coefficient (Wildman–Crippen LogP) is 4.69. The Morgan fingerprint density at radius 3 is 2.59 bits per heavy atom. The highest BCUT2D eigenvalue weighted by Gasteiger charge is 2.39. The number of aliphatic hydroxyl groups is 1. The summed E-state index contributed by atoms with van der Waals surface area (Å²) in [4.78, 5) is 17.9. The molecule has 0 saturated heterocycles. The minimum atomic E-state index is -3.82. The highest BCUT2D eigenvalue weighted by atomic mass is 32.2. The number of carbonyl (C=O) groups excluding carboxylic acids is 1. The van der Waals surface area contributed by atoms with Gasteiger partial charge in [-0.05, 0) is 70.3 Å². The molecule has 10 heteroatoms. The highest BCUT2D eigenvalue weighted by Crippen LogP contribution is 2.53. The first-order chi connectivity index (χ1) is 15.1. The second-order valence-corrected chi connectivity index (χ2v) is 12.4. The molecule has 0 spiro atoms. The van der Waals surface area contributed by atoms with E-state index >= 15 is 0 Å². The number of nitrogens with two attached hydrogens (primary N) is 1. The Morgan fingerprint density at radius 1 is 1.31 bits per heavy atom. The Hall–Kier alpha value is -1.88. The number of rotatable bonds is 5. The Bertz CT molecular complexity index is 1230. The molecule has 1 unspecified atom stereocenters. The van der Waals surface area contributed by atoms with E-state index in [1.165, 1.54) is 19.2 Å². The average molecular weight is 479 g/mol. The molecule has 2 saturated carbocycles. The van der Waals surface area contributed by atoms with E-state index in [-0.39, 0.29) is 9.77 Å². The molecule has 7 nitrogen and oxygen atoms in total. The van der Waals surface area contributed by atoms with E-state index in [1.54, 1.807) is 0 Å². The van der Waals surface area contributed by atoms with E-state index < -0.39 is 27.4 Å². The summed E-state index contributed by atoms with van der Waals surface area (Å²) in [7, 11) is -3.82. The van der Waals surface area contributed by atoms with E-state index in [2.05, 4.69) is 9.68 Å². The molecule has 2 aromatic heterocycles. The minimum Gasteiger partial charge on any atom is -0.386 e. The van der Waals surface area contributed by atoms with Crippen molar-refractivity contribution in [2.24, 2.45) is 9.50 Å². The molecule has 172 valence electrons. The second kappa shape index (κ2) is 7.58. The summed E-state index contributed by atoms with van der Waals surface area (Å²) in [6.07, 6.45) is 7.04. The number of hydrogen-bond donors (Lipinski definition) is 3. The lowest BCUT2D eigenvalue weighted by atomic mass is 9.98. The topological polar surface area (TPSA) is 118 Å². The first kappa shape index (κ1) is 21.9. The van der Waals surface area contributed by atoms with Gasteiger partial charge in [0.2, 0.25) is 0 Å². The van der Waals surface area contributed by atoms with Crippen molar-refractivity contribution in [3.05, 3.63) is 39.3 Å². The molecule has 2 amide bonds. The first-order valence-electron chi connectivity index (χ1n) is 11.0. The SMILES string of the molecule is CC(C)(O)c1csc(S(N)(=O)=NC(=O)Nc2c3c(nc(C4CC4)c2C2CC2)CCC3)c1F. The smallest absolute Gasteiger partial charge is 0.354 e. The highest BCUT2D eigenvalue weighted by molar-refractivity contribution is 7.93. The van der Waals surface area contributed by atoms with Crippen LogP contribution in [0.3, 0.4) is 0 Å². The maximum atomic E-state index is 14.8. The molecule has 2 aromatic rings. The van der Waals surface area contributed by atoms with Crippen LogP contribution in [0.15, 0.2) is 14.0 Å². The summed E-state index contributed by atoms with van der Waals surface area (Å²) >= 11 is 0.792. The summed E-state index contributed by atoms with van der Waals surface area (Å²) in [6, 6.07) is -0.848. The Balaban J connectivity index is 1.52. The van der Waals surface area contributed by atoms with Crippen LogP contribution in [0.25, 0.3) is 0 Å². The zero-order valence-electron chi connectivity index (χ0n) is 18.1. The van der Waals surface area contributed by atoms with Gasteiger partial charge in [-0.2, -0.15) is 0 Å². The number of nitrogens with one attached hydrogen (secondary N) is 1. The summed E-state index contributed by atoms with van der Waals surface area (Å²) in [5.41, 5.74) is 3.53. The Kier molecular flexibility index (Phi) is 5.20. The molecule has 0 bridgehead atoms. The first-order valence-corrected chi connectivity index (χ1v) is 13.4. The number of amides is 2. The van der Waals surface area contributed by atoms with E-state index in [1.807, 2.05) is 0 Å². The van der Waals surface area contributed by atoms with Crippen molar-refractivity contribution in [2.45, 2.75) is 80.4 Å². The second-order valence-electron chi connectivity index (χ2n) is 9.51. The van der Waals surface area contributed by atoms with E-state index in [0.29, 0.717) is 11.8 Å². The fraction of sp³-hybridized carbons (Fsp3) is 0.545. The summed E-state index contributed by atoms with van der Waals surface area (Å²) in [5.74, 6) is -0.0556. The monoisotopic (exact) mass is 478 g/mol.